The first kappa shape index (κ1) is 15.2. The van der Waals surface area contributed by atoms with Crippen LogP contribution in [-0.4, -0.2) is 15.0 Å². The second-order valence-corrected chi connectivity index (χ2v) is 5.91. The summed E-state index contributed by atoms with van der Waals surface area (Å²) in [7, 11) is 0. The monoisotopic (exact) mass is 330 g/mol. The number of hydrogen-bond donors (Lipinski definition) is 1. The van der Waals surface area contributed by atoms with Crippen LogP contribution in [0.3, 0.4) is 0 Å². The first-order chi connectivity index (χ1) is 12.1. The zero-order valence-corrected chi connectivity index (χ0v) is 13.6. The maximum atomic E-state index is 13.8. The van der Waals surface area contributed by atoms with Crippen LogP contribution in [0.1, 0.15) is 5.56 Å². The fraction of sp³-hybridized carbons (Fsp3) is 0.0500. The first-order valence-corrected chi connectivity index (χ1v) is 7.85. The maximum absolute atomic E-state index is 13.8. The largest absolute Gasteiger partial charge is 0.383 e. The Hall–Kier alpha value is -3.34. The summed E-state index contributed by atoms with van der Waals surface area (Å²) in [5.41, 5.74) is 10.9. The van der Waals surface area contributed by atoms with Crippen molar-refractivity contribution in [1.29, 1.82) is 0 Å². The molecule has 4 rings (SSSR count). The zero-order chi connectivity index (χ0) is 17.4. The molecule has 4 aromatic rings. The van der Waals surface area contributed by atoms with E-state index in [0.29, 0.717) is 5.82 Å². The third-order valence-electron chi connectivity index (χ3n) is 4.10. The van der Waals surface area contributed by atoms with Crippen LogP contribution in [0.2, 0.25) is 0 Å². The molecule has 122 valence electrons. The molecule has 0 aliphatic heterocycles. The highest BCUT2D eigenvalue weighted by Gasteiger charge is 2.11. The van der Waals surface area contributed by atoms with Crippen LogP contribution in [0.25, 0.3) is 33.3 Å². The molecule has 0 atom stereocenters. The summed E-state index contributed by atoms with van der Waals surface area (Å²) in [4.78, 5) is 12.8. The molecule has 2 heterocycles. The number of hydrogen-bond acceptors (Lipinski definition) is 4. The molecule has 4 nitrogen and oxygen atoms in total. The van der Waals surface area contributed by atoms with Gasteiger partial charge in [-0.1, -0.05) is 12.1 Å². The Kier molecular flexibility index (Phi) is 3.61. The molecule has 0 radical (unpaired) electrons. The van der Waals surface area contributed by atoms with Crippen molar-refractivity contribution in [2.75, 3.05) is 5.73 Å². The fourth-order valence-electron chi connectivity index (χ4n) is 2.99. The smallest absolute Gasteiger partial charge is 0.134 e. The lowest BCUT2D eigenvalue weighted by molar-refractivity contribution is 0.627. The number of fused-ring (bicyclic) bond motifs is 1. The highest BCUT2D eigenvalue weighted by atomic mass is 19.1. The number of benzene rings is 2. The highest BCUT2D eigenvalue weighted by Crippen LogP contribution is 2.33. The second kappa shape index (κ2) is 5.94. The van der Waals surface area contributed by atoms with Gasteiger partial charge in [0.15, 0.2) is 0 Å². The Labute approximate surface area is 144 Å². The Balaban J connectivity index is 1.94. The second-order valence-electron chi connectivity index (χ2n) is 5.91. The van der Waals surface area contributed by atoms with Crippen LogP contribution in [0, 0.1) is 12.7 Å². The molecule has 0 unspecified atom stereocenters. The number of nitrogens with zero attached hydrogens (tertiary/aromatic N) is 3. The number of nitrogens with two attached hydrogens (primary N) is 1. The summed E-state index contributed by atoms with van der Waals surface area (Å²) in [5.74, 6) is 0.154. The number of halogens is 1. The molecule has 0 saturated heterocycles. The number of anilines is 1. The molecule has 2 aromatic heterocycles. The number of aromatic nitrogens is 3. The summed E-state index contributed by atoms with van der Waals surface area (Å²) in [6, 6.07) is 14.5. The van der Waals surface area contributed by atoms with E-state index in [1.165, 1.54) is 18.5 Å². The van der Waals surface area contributed by atoms with Crippen LogP contribution < -0.4 is 5.73 Å². The molecule has 0 aliphatic rings. The minimum absolute atomic E-state index is 0.275. The first-order valence-electron chi connectivity index (χ1n) is 7.85. The van der Waals surface area contributed by atoms with Crippen molar-refractivity contribution in [1.82, 2.24) is 15.0 Å². The summed E-state index contributed by atoms with van der Waals surface area (Å²) < 4.78 is 13.8. The van der Waals surface area contributed by atoms with E-state index in [9.17, 15) is 4.39 Å². The average molecular weight is 330 g/mol. The van der Waals surface area contributed by atoms with Gasteiger partial charge >= 0.3 is 0 Å². The Morgan fingerprint density at radius 2 is 1.80 bits per heavy atom. The van der Waals surface area contributed by atoms with E-state index < -0.39 is 0 Å². The lowest BCUT2D eigenvalue weighted by Gasteiger charge is -2.11. The lowest BCUT2D eigenvalue weighted by Crippen LogP contribution is -1.94. The predicted molar refractivity (Wildman–Crippen MR) is 97.3 cm³/mol. The Morgan fingerprint density at radius 1 is 0.920 bits per heavy atom. The van der Waals surface area contributed by atoms with E-state index >= 15 is 0 Å². The van der Waals surface area contributed by atoms with Crippen molar-refractivity contribution < 1.29 is 4.39 Å². The number of pyridine rings is 1. The molecule has 25 heavy (non-hydrogen) atoms. The summed E-state index contributed by atoms with van der Waals surface area (Å²) in [6.45, 7) is 1.86. The van der Waals surface area contributed by atoms with Crippen LogP contribution in [0.5, 0.6) is 0 Å². The minimum Gasteiger partial charge on any atom is -0.383 e. The van der Waals surface area contributed by atoms with E-state index in [0.717, 1.165) is 38.9 Å². The van der Waals surface area contributed by atoms with E-state index in [1.807, 2.05) is 43.3 Å². The molecule has 0 saturated carbocycles. The van der Waals surface area contributed by atoms with Gasteiger partial charge in [-0.3, -0.25) is 4.98 Å². The summed E-state index contributed by atoms with van der Waals surface area (Å²) in [5, 5.41) is 0.783. The standard InChI is InChI=1S/C20H15FN4/c1-12-7-14(9-15(21)8-12)19-16(3-2-6-23-19)13-4-5-18-17(10-13)20(22)25-11-24-18/h2-11H,1H3,(H2,22,24,25). The van der Waals surface area contributed by atoms with Gasteiger partial charge in [0.05, 0.1) is 11.2 Å². The van der Waals surface area contributed by atoms with Crippen molar-refractivity contribution in [3.63, 3.8) is 0 Å². The van der Waals surface area contributed by atoms with E-state index in [4.69, 9.17) is 5.73 Å². The van der Waals surface area contributed by atoms with Crippen LogP contribution >= 0.6 is 0 Å². The van der Waals surface area contributed by atoms with Gasteiger partial charge in [-0.25, -0.2) is 14.4 Å². The van der Waals surface area contributed by atoms with Gasteiger partial charge in [-0.2, -0.15) is 0 Å². The van der Waals surface area contributed by atoms with E-state index in [2.05, 4.69) is 15.0 Å². The normalized spacial score (nSPS) is 11.0. The number of aryl methyl sites for hydroxylation is 1. The van der Waals surface area contributed by atoms with Crippen LogP contribution in [0.4, 0.5) is 10.2 Å². The van der Waals surface area contributed by atoms with Crippen molar-refractivity contribution >= 4 is 16.7 Å². The van der Waals surface area contributed by atoms with Crippen molar-refractivity contribution in [3.05, 3.63) is 72.4 Å². The third kappa shape index (κ3) is 2.80. The third-order valence-corrected chi connectivity index (χ3v) is 4.10. The van der Waals surface area contributed by atoms with Gasteiger partial charge in [0.1, 0.15) is 18.0 Å². The molecule has 0 spiro atoms. The molecule has 5 heteroatoms. The quantitative estimate of drug-likeness (QED) is 0.592. The van der Waals surface area contributed by atoms with Crippen LogP contribution in [-0.2, 0) is 0 Å². The summed E-state index contributed by atoms with van der Waals surface area (Å²) >= 11 is 0. The molecule has 0 amide bonds. The molecular weight excluding hydrogens is 315 g/mol. The van der Waals surface area contributed by atoms with Gasteiger partial charge in [0.25, 0.3) is 0 Å². The van der Waals surface area contributed by atoms with Gasteiger partial charge < -0.3 is 5.73 Å². The van der Waals surface area contributed by atoms with E-state index in [1.54, 1.807) is 6.20 Å². The molecule has 0 bridgehead atoms. The molecule has 0 fully saturated rings. The Bertz CT molecular complexity index is 1070. The number of rotatable bonds is 2. The van der Waals surface area contributed by atoms with Crippen molar-refractivity contribution in [2.45, 2.75) is 6.92 Å². The summed E-state index contributed by atoms with van der Waals surface area (Å²) in [6.07, 6.45) is 3.15. The predicted octanol–water partition coefficient (Wildman–Crippen LogP) is 4.39. The van der Waals surface area contributed by atoms with Gasteiger partial charge in [0.2, 0.25) is 0 Å². The lowest BCUT2D eigenvalue weighted by atomic mass is 9.97. The zero-order valence-electron chi connectivity index (χ0n) is 13.6. The minimum atomic E-state index is -0.275. The fourth-order valence-corrected chi connectivity index (χ4v) is 2.99. The maximum Gasteiger partial charge on any atom is 0.134 e. The number of nitrogen functional groups attached to an aromatic ring is 1. The van der Waals surface area contributed by atoms with Gasteiger partial charge in [-0.05, 0) is 54.4 Å². The van der Waals surface area contributed by atoms with Crippen molar-refractivity contribution in [2.24, 2.45) is 0 Å². The highest BCUT2D eigenvalue weighted by molar-refractivity contribution is 5.93. The van der Waals surface area contributed by atoms with Gasteiger partial charge in [-0.15, -0.1) is 0 Å². The molecule has 2 N–H and O–H groups in total. The van der Waals surface area contributed by atoms with E-state index in [-0.39, 0.29) is 5.82 Å². The van der Waals surface area contributed by atoms with Crippen LogP contribution in [0.15, 0.2) is 61.1 Å². The molecule has 2 aromatic carbocycles. The average Bonchev–Trinajstić information content (AvgIpc) is 2.61. The molecule has 0 aliphatic carbocycles. The Morgan fingerprint density at radius 3 is 2.64 bits per heavy atom. The topological polar surface area (TPSA) is 64.7 Å². The molecular formula is C20H15FN4. The van der Waals surface area contributed by atoms with Gasteiger partial charge in [0, 0.05) is 22.7 Å². The van der Waals surface area contributed by atoms with Crippen molar-refractivity contribution in [3.8, 4) is 22.4 Å². The SMILES string of the molecule is Cc1cc(F)cc(-c2ncccc2-c2ccc3ncnc(N)c3c2)c1.